The summed E-state index contributed by atoms with van der Waals surface area (Å²) < 4.78 is 7.08. The maximum atomic E-state index is 8.97. The monoisotopic (exact) mass is 351 g/mol. The zero-order valence-electron chi connectivity index (χ0n) is 12.0. The van der Waals surface area contributed by atoms with Crippen LogP contribution in [0.1, 0.15) is 29.5 Å². The summed E-state index contributed by atoms with van der Waals surface area (Å²) in [6.07, 6.45) is 1.63. The smallest absolute Gasteiger partial charge is 0.127 e. The summed E-state index contributed by atoms with van der Waals surface area (Å²) in [6.45, 7) is 0.575. The van der Waals surface area contributed by atoms with E-state index in [1.807, 2.05) is 18.2 Å². The fourth-order valence-electron chi connectivity index (χ4n) is 3.19. The molecule has 0 N–H and O–H groups in total. The number of nitriles is 1. The zero-order chi connectivity index (χ0) is 15.1. The number of halogens is 1. The van der Waals surface area contributed by atoms with Crippen molar-refractivity contribution < 1.29 is 4.74 Å². The van der Waals surface area contributed by atoms with Gasteiger partial charge in [0.2, 0.25) is 0 Å². The summed E-state index contributed by atoms with van der Waals surface area (Å²) in [5.74, 6) is 1.34. The highest BCUT2D eigenvalue weighted by Gasteiger charge is 2.35. The van der Waals surface area contributed by atoms with Crippen LogP contribution in [0.4, 0.5) is 0 Å². The number of rotatable bonds is 1. The molecule has 1 heterocycles. The number of benzene rings is 2. The van der Waals surface area contributed by atoms with E-state index in [9.17, 15) is 0 Å². The number of allylic oxidation sites excluding steroid dienone is 1. The topological polar surface area (TPSA) is 33.0 Å². The third-order valence-electron chi connectivity index (χ3n) is 4.33. The van der Waals surface area contributed by atoms with Crippen molar-refractivity contribution in [3.8, 4) is 11.8 Å². The van der Waals surface area contributed by atoms with Crippen LogP contribution in [0.15, 0.2) is 52.5 Å². The number of ether oxygens (including phenoxy) is 1. The Kier molecular flexibility index (Phi) is 3.28. The van der Waals surface area contributed by atoms with Crippen LogP contribution in [0, 0.1) is 17.2 Å². The first-order valence-electron chi connectivity index (χ1n) is 7.39. The lowest BCUT2D eigenvalue weighted by atomic mass is 9.93. The van der Waals surface area contributed by atoms with E-state index in [1.165, 1.54) is 22.3 Å². The number of nitrogens with zero attached hydrogens (tertiary/aromatic N) is 1. The summed E-state index contributed by atoms with van der Waals surface area (Å²) in [4.78, 5) is 0. The lowest BCUT2D eigenvalue weighted by molar-refractivity contribution is 0.307. The molecule has 2 nitrogen and oxygen atoms in total. The summed E-state index contributed by atoms with van der Waals surface area (Å²) in [7, 11) is 0. The van der Waals surface area contributed by atoms with Gasteiger partial charge in [0, 0.05) is 16.5 Å². The molecule has 3 heteroatoms. The number of hydrogen-bond donors (Lipinski definition) is 0. The Labute approximate surface area is 138 Å². The first-order chi connectivity index (χ1) is 10.8. The van der Waals surface area contributed by atoms with Gasteiger partial charge in [-0.1, -0.05) is 45.8 Å². The Hall–Kier alpha value is -2.05. The van der Waals surface area contributed by atoms with Crippen LogP contribution < -0.4 is 4.74 Å². The molecule has 1 aliphatic carbocycles. The van der Waals surface area contributed by atoms with Crippen molar-refractivity contribution in [2.75, 3.05) is 0 Å². The molecular formula is C19H14BrNO. The molecule has 2 aromatic rings. The van der Waals surface area contributed by atoms with Crippen molar-refractivity contribution in [2.45, 2.75) is 19.4 Å². The summed E-state index contributed by atoms with van der Waals surface area (Å²) in [5, 5.41) is 8.97. The Morgan fingerprint density at radius 2 is 2.05 bits per heavy atom. The van der Waals surface area contributed by atoms with Crippen molar-refractivity contribution >= 4 is 21.5 Å². The maximum Gasteiger partial charge on any atom is 0.127 e. The van der Waals surface area contributed by atoms with E-state index in [0.29, 0.717) is 18.9 Å². The predicted molar refractivity (Wildman–Crippen MR) is 89.3 cm³/mol. The van der Waals surface area contributed by atoms with Crippen LogP contribution in [-0.2, 0) is 6.61 Å². The van der Waals surface area contributed by atoms with E-state index < -0.39 is 0 Å². The summed E-state index contributed by atoms with van der Waals surface area (Å²) >= 11 is 3.55. The lowest BCUT2D eigenvalue weighted by Gasteiger charge is -2.10. The van der Waals surface area contributed by atoms with Gasteiger partial charge in [-0.2, -0.15) is 5.26 Å². The molecule has 108 valence electrons. The van der Waals surface area contributed by atoms with Gasteiger partial charge in [0.25, 0.3) is 0 Å². The zero-order valence-corrected chi connectivity index (χ0v) is 13.6. The molecule has 0 radical (unpaired) electrons. The van der Waals surface area contributed by atoms with E-state index in [4.69, 9.17) is 10.00 Å². The molecule has 1 fully saturated rings. The molecule has 0 spiro atoms. The summed E-state index contributed by atoms with van der Waals surface area (Å²) in [6, 6.07) is 16.9. The van der Waals surface area contributed by atoms with Gasteiger partial charge in [-0.25, -0.2) is 0 Å². The fourth-order valence-corrected chi connectivity index (χ4v) is 3.60. The van der Waals surface area contributed by atoms with Gasteiger partial charge in [0.05, 0.1) is 6.07 Å². The maximum absolute atomic E-state index is 8.97. The van der Waals surface area contributed by atoms with Gasteiger partial charge in [0.15, 0.2) is 0 Å². The minimum atomic E-state index is 0.405. The average Bonchev–Trinajstić information content (AvgIpc) is 3.29. The predicted octanol–water partition coefficient (Wildman–Crippen LogP) is 5.08. The molecule has 4 rings (SSSR count). The molecule has 0 amide bonds. The van der Waals surface area contributed by atoms with Crippen molar-refractivity contribution in [1.82, 2.24) is 0 Å². The molecule has 0 bridgehead atoms. The molecule has 1 unspecified atom stereocenters. The fraction of sp³-hybridized carbons (Fsp3) is 0.211. The second-order valence-electron chi connectivity index (χ2n) is 5.75. The average molecular weight is 352 g/mol. The highest BCUT2D eigenvalue weighted by Crippen LogP contribution is 2.50. The second-order valence-corrected chi connectivity index (χ2v) is 6.67. The second kappa shape index (κ2) is 5.30. The van der Waals surface area contributed by atoms with E-state index in [-0.39, 0.29) is 0 Å². The van der Waals surface area contributed by atoms with Crippen LogP contribution >= 0.6 is 15.9 Å². The standard InChI is InChI=1S/C19H14BrNO/c20-14-5-6-15-13(9-14)11-22-18-4-2-1-3-16(18)19(15)17-10-12(17)7-8-21/h1-6,9,12H,7,10-11H2. The SMILES string of the molecule is N#CCC1CC1=C1c2ccc(Br)cc2COc2ccccc21. The van der Waals surface area contributed by atoms with E-state index in [2.05, 4.69) is 46.3 Å². The minimum absolute atomic E-state index is 0.405. The number of para-hydroxylation sites is 1. The molecular weight excluding hydrogens is 338 g/mol. The Balaban J connectivity index is 1.95. The van der Waals surface area contributed by atoms with Crippen molar-refractivity contribution in [1.29, 1.82) is 5.26 Å². The molecule has 2 aliphatic rings. The van der Waals surface area contributed by atoms with E-state index >= 15 is 0 Å². The van der Waals surface area contributed by atoms with Crippen molar-refractivity contribution in [2.24, 2.45) is 5.92 Å². The van der Waals surface area contributed by atoms with Crippen LogP contribution in [-0.4, -0.2) is 0 Å². The Morgan fingerprint density at radius 1 is 1.18 bits per heavy atom. The normalized spacial score (nSPS) is 21.9. The quantitative estimate of drug-likeness (QED) is 0.717. The van der Waals surface area contributed by atoms with E-state index in [1.54, 1.807) is 0 Å². The number of hydrogen-bond acceptors (Lipinski definition) is 2. The third kappa shape index (κ3) is 2.24. The van der Waals surface area contributed by atoms with Crippen LogP contribution in [0.25, 0.3) is 5.57 Å². The molecule has 1 aliphatic heterocycles. The molecule has 0 saturated heterocycles. The largest absolute Gasteiger partial charge is 0.488 e. The highest BCUT2D eigenvalue weighted by molar-refractivity contribution is 9.10. The number of fused-ring (bicyclic) bond motifs is 2. The van der Waals surface area contributed by atoms with Gasteiger partial charge in [-0.3, -0.25) is 0 Å². The van der Waals surface area contributed by atoms with Gasteiger partial charge in [0.1, 0.15) is 12.4 Å². The van der Waals surface area contributed by atoms with Crippen molar-refractivity contribution in [3.05, 3.63) is 69.2 Å². The third-order valence-corrected chi connectivity index (χ3v) is 4.83. The molecule has 2 aromatic carbocycles. The van der Waals surface area contributed by atoms with E-state index in [0.717, 1.165) is 22.2 Å². The van der Waals surface area contributed by atoms with Crippen molar-refractivity contribution in [3.63, 3.8) is 0 Å². The lowest BCUT2D eigenvalue weighted by Crippen LogP contribution is -1.95. The van der Waals surface area contributed by atoms with Gasteiger partial charge in [-0.15, -0.1) is 0 Å². The molecule has 22 heavy (non-hydrogen) atoms. The van der Waals surface area contributed by atoms with Gasteiger partial charge < -0.3 is 4.74 Å². The van der Waals surface area contributed by atoms with Crippen LogP contribution in [0.2, 0.25) is 0 Å². The summed E-state index contributed by atoms with van der Waals surface area (Å²) in [5.41, 5.74) is 6.25. The molecule has 0 aromatic heterocycles. The van der Waals surface area contributed by atoms with Gasteiger partial charge in [-0.05, 0) is 47.2 Å². The minimum Gasteiger partial charge on any atom is -0.488 e. The molecule has 1 saturated carbocycles. The highest BCUT2D eigenvalue weighted by atomic mass is 79.9. The van der Waals surface area contributed by atoms with Crippen LogP contribution in [0.3, 0.4) is 0 Å². The van der Waals surface area contributed by atoms with Crippen LogP contribution in [0.5, 0.6) is 5.75 Å². The Bertz CT molecular complexity index is 832. The first kappa shape index (κ1) is 13.6. The van der Waals surface area contributed by atoms with Gasteiger partial charge >= 0.3 is 0 Å². The first-order valence-corrected chi connectivity index (χ1v) is 8.18. The Morgan fingerprint density at radius 3 is 2.91 bits per heavy atom. The molecule has 1 atom stereocenters.